The Morgan fingerprint density at radius 1 is 1.30 bits per heavy atom. The van der Waals surface area contributed by atoms with Gasteiger partial charge in [0, 0.05) is 32.0 Å². The molecule has 1 unspecified atom stereocenters. The molecule has 3 N–H and O–H groups in total. The highest BCUT2D eigenvalue weighted by atomic mass is 35.5. The van der Waals surface area contributed by atoms with Gasteiger partial charge in [-0.05, 0) is 23.8 Å². The fraction of sp³-hybridized carbons (Fsp3) is 0.267. The summed E-state index contributed by atoms with van der Waals surface area (Å²) in [5, 5.41) is 3.30. The van der Waals surface area contributed by atoms with E-state index in [0.29, 0.717) is 22.8 Å². The number of rotatable bonds is 3. The Morgan fingerprint density at radius 3 is 2.74 bits per heavy atom. The predicted molar refractivity (Wildman–Crippen MR) is 91.0 cm³/mol. The fourth-order valence-electron chi connectivity index (χ4n) is 2.55. The zero-order chi connectivity index (χ0) is 15.5. The van der Waals surface area contributed by atoms with Crippen LogP contribution in [0.25, 0.3) is 0 Å². The number of nitrogens with one attached hydrogen (secondary N) is 1. The van der Waals surface area contributed by atoms with Crippen molar-refractivity contribution >= 4 is 35.6 Å². The molecule has 2 aromatic heterocycles. The third kappa shape index (κ3) is 3.69. The van der Waals surface area contributed by atoms with Crippen LogP contribution in [0.15, 0.2) is 36.7 Å². The first kappa shape index (κ1) is 17.4. The van der Waals surface area contributed by atoms with E-state index in [-0.39, 0.29) is 24.4 Å². The summed E-state index contributed by atoms with van der Waals surface area (Å²) in [6, 6.07) is 7.03. The number of thiophene rings is 1. The Labute approximate surface area is 144 Å². The Hall–Kier alpha value is -1.96. The van der Waals surface area contributed by atoms with Crippen molar-refractivity contribution in [2.45, 2.75) is 6.04 Å². The standard InChI is InChI=1S/C15H16N4O2S.ClH/c16-14(20)12-3-4-13(22-12)15(21)19-7-6-18-9-11(19)10-2-1-5-17-8-10;/h1-5,8,11,18H,6-7,9H2,(H2,16,20);1H. The van der Waals surface area contributed by atoms with Crippen molar-refractivity contribution in [2.75, 3.05) is 19.6 Å². The molecule has 0 bridgehead atoms. The van der Waals surface area contributed by atoms with Crippen LogP contribution in [0.5, 0.6) is 0 Å². The van der Waals surface area contributed by atoms with Crippen molar-refractivity contribution < 1.29 is 9.59 Å². The molecular formula is C15H17ClN4O2S. The molecule has 1 atom stereocenters. The summed E-state index contributed by atoms with van der Waals surface area (Å²) in [6.45, 7) is 2.05. The van der Waals surface area contributed by atoms with Crippen molar-refractivity contribution in [2.24, 2.45) is 5.73 Å². The van der Waals surface area contributed by atoms with Gasteiger partial charge >= 0.3 is 0 Å². The van der Waals surface area contributed by atoms with Gasteiger partial charge in [-0.1, -0.05) is 6.07 Å². The van der Waals surface area contributed by atoms with Crippen molar-refractivity contribution in [1.29, 1.82) is 0 Å². The summed E-state index contributed by atoms with van der Waals surface area (Å²) in [7, 11) is 0. The number of carbonyl (C=O) groups is 2. The summed E-state index contributed by atoms with van der Waals surface area (Å²) in [5.74, 6) is -0.582. The lowest BCUT2D eigenvalue weighted by Gasteiger charge is -2.36. The summed E-state index contributed by atoms with van der Waals surface area (Å²) in [5.41, 5.74) is 6.25. The number of pyridine rings is 1. The van der Waals surface area contributed by atoms with Gasteiger partial charge in [0.2, 0.25) is 0 Å². The third-order valence-electron chi connectivity index (χ3n) is 3.63. The molecule has 1 fully saturated rings. The molecule has 1 aliphatic rings. The quantitative estimate of drug-likeness (QED) is 0.875. The van der Waals surface area contributed by atoms with Gasteiger partial charge in [0.15, 0.2) is 0 Å². The summed E-state index contributed by atoms with van der Waals surface area (Å²) < 4.78 is 0. The van der Waals surface area contributed by atoms with Crippen molar-refractivity contribution in [3.63, 3.8) is 0 Å². The van der Waals surface area contributed by atoms with Crippen molar-refractivity contribution in [1.82, 2.24) is 15.2 Å². The van der Waals surface area contributed by atoms with Crippen molar-refractivity contribution in [3.05, 3.63) is 52.0 Å². The topological polar surface area (TPSA) is 88.3 Å². The van der Waals surface area contributed by atoms with Gasteiger partial charge in [-0.25, -0.2) is 0 Å². The van der Waals surface area contributed by atoms with Crippen LogP contribution >= 0.6 is 23.7 Å². The minimum Gasteiger partial charge on any atom is -0.365 e. The van der Waals surface area contributed by atoms with E-state index in [2.05, 4.69) is 10.3 Å². The van der Waals surface area contributed by atoms with E-state index >= 15 is 0 Å². The molecule has 0 aromatic carbocycles. The lowest BCUT2D eigenvalue weighted by Crippen LogP contribution is -2.48. The highest BCUT2D eigenvalue weighted by molar-refractivity contribution is 7.15. The normalized spacial score (nSPS) is 17.4. The van der Waals surface area contributed by atoms with Crippen LogP contribution in [0.3, 0.4) is 0 Å². The number of hydrogen-bond donors (Lipinski definition) is 2. The number of hydrogen-bond acceptors (Lipinski definition) is 5. The van der Waals surface area contributed by atoms with Gasteiger partial charge in [0.05, 0.1) is 15.8 Å². The van der Waals surface area contributed by atoms with Crippen LogP contribution in [-0.2, 0) is 0 Å². The van der Waals surface area contributed by atoms with Crippen LogP contribution in [0, 0.1) is 0 Å². The Balaban J connectivity index is 0.00000192. The molecule has 2 amide bonds. The molecule has 2 aromatic rings. The smallest absolute Gasteiger partial charge is 0.264 e. The van der Waals surface area contributed by atoms with E-state index in [9.17, 15) is 9.59 Å². The molecule has 23 heavy (non-hydrogen) atoms. The van der Waals surface area contributed by atoms with Gasteiger partial charge in [0.25, 0.3) is 11.8 Å². The van der Waals surface area contributed by atoms with Crippen LogP contribution in [0.1, 0.15) is 30.9 Å². The largest absolute Gasteiger partial charge is 0.365 e. The molecule has 0 radical (unpaired) electrons. The zero-order valence-corrected chi connectivity index (χ0v) is 13.9. The molecular weight excluding hydrogens is 336 g/mol. The lowest BCUT2D eigenvalue weighted by atomic mass is 10.1. The van der Waals surface area contributed by atoms with Gasteiger partial charge in [-0.3, -0.25) is 14.6 Å². The number of primary amides is 1. The predicted octanol–water partition coefficient (Wildman–Crippen LogP) is 1.45. The molecule has 8 heteroatoms. The average molecular weight is 353 g/mol. The maximum atomic E-state index is 12.8. The first-order valence-corrected chi connectivity index (χ1v) is 7.79. The van der Waals surface area contributed by atoms with E-state index in [1.165, 1.54) is 0 Å². The number of halogens is 1. The first-order chi connectivity index (χ1) is 10.7. The van der Waals surface area contributed by atoms with Crippen molar-refractivity contribution in [3.8, 4) is 0 Å². The number of carbonyl (C=O) groups excluding carboxylic acids is 2. The Morgan fingerprint density at radius 2 is 2.09 bits per heavy atom. The molecule has 1 saturated heterocycles. The molecule has 3 heterocycles. The second kappa shape index (κ2) is 7.54. The Kier molecular flexibility index (Phi) is 5.70. The molecule has 0 aliphatic carbocycles. The second-order valence-electron chi connectivity index (χ2n) is 5.03. The molecule has 122 valence electrons. The number of nitrogens with zero attached hydrogens (tertiary/aromatic N) is 2. The lowest BCUT2D eigenvalue weighted by molar-refractivity contribution is 0.0639. The third-order valence-corrected chi connectivity index (χ3v) is 4.72. The number of aromatic nitrogens is 1. The van der Waals surface area contributed by atoms with Gasteiger partial charge in [-0.15, -0.1) is 23.7 Å². The van der Waals surface area contributed by atoms with E-state index in [4.69, 9.17) is 5.73 Å². The van der Waals surface area contributed by atoms with Crippen LogP contribution in [0.4, 0.5) is 0 Å². The van der Waals surface area contributed by atoms with E-state index in [1.807, 2.05) is 17.0 Å². The highest BCUT2D eigenvalue weighted by Crippen LogP contribution is 2.26. The maximum Gasteiger partial charge on any atom is 0.264 e. The Bertz CT molecular complexity index is 692. The average Bonchev–Trinajstić information content (AvgIpc) is 3.05. The SMILES string of the molecule is Cl.NC(=O)c1ccc(C(=O)N2CCNCC2c2cccnc2)s1. The van der Waals surface area contributed by atoms with E-state index in [1.54, 1.807) is 24.5 Å². The second-order valence-corrected chi connectivity index (χ2v) is 6.12. The molecule has 1 aliphatic heterocycles. The fourth-order valence-corrected chi connectivity index (χ4v) is 3.36. The maximum absolute atomic E-state index is 12.8. The zero-order valence-electron chi connectivity index (χ0n) is 12.3. The van der Waals surface area contributed by atoms with Crippen LogP contribution in [0.2, 0.25) is 0 Å². The molecule has 6 nitrogen and oxygen atoms in total. The minimum absolute atomic E-state index is 0. The summed E-state index contributed by atoms with van der Waals surface area (Å²) in [6.07, 6.45) is 3.49. The van der Waals surface area contributed by atoms with E-state index in [0.717, 1.165) is 23.4 Å². The summed E-state index contributed by atoms with van der Waals surface area (Å²) >= 11 is 1.14. The minimum atomic E-state index is -0.506. The van der Waals surface area contributed by atoms with Gasteiger partial charge in [0.1, 0.15) is 0 Å². The molecule has 0 spiro atoms. The van der Waals surface area contributed by atoms with Gasteiger partial charge < -0.3 is 16.0 Å². The number of nitrogens with two attached hydrogens (primary N) is 1. The highest BCUT2D eigenvalue weighted by Gasteiger charge is 2.29. The van der Waals surface area contributed by atoms with Crippen LogP contribution < -0.4 is 11.1 Å². The number of amides is 2. The van der Waals surface area contributed by atoms with Crippen LogP contribution in [-0.4, -0.2) is 41.3 Å². The first-order valence-electron chi connectivity index (χ1n) is 6.98. The van der Waals surface area contributed by atoms with E-state index < -0.39 is 5.91 Å². The number of piperazine rings is 1. The molecule has 0 saturated carbocycles. The van der Waals surface area contributed by atoms with Gasteiger partial charge in [-0.2, -0.15) is 0 Å². The monoisotopic (exact) mass is 352 g/mol. The molecule has 3 rings (SSSR count). The summed E-state index contributed by atoms with van der Waals surface area (Å²) in [4.78, 5) is 30.8.